The number of rotatable bonds is 3. The van der Waals surface area contributed by atoms with E-state index < -0.39 is 11.7 Å². The molecule has 0 unspecified atom stereocenters. The van der Waals surface area contributed by atoms with Crippen LogP contribution in [0.1, 0.15) is 17.2 Å². The van der Waals surface area contributed by atoms with E-state index >= 15 is 0 Å². The first-order valence-electron chi connectivity index (χ1n) is 6.21. The van der Waals surface area contributed by atoms with Crippen LogP contribution >= 0.6 is 0 Å². The van der Waals surface area contributed by atoms with Crippen LogP contribution in [0.5, 0.6) is 0 Å². The van der Waals surface area contributed by atoms with Crippen molar-refractivity contribution in [2.45, 2.75) is 12.2 Å². The Bertz CT molecular complexity index is 417. The number of alkyl halides is 3. The molecule has 1 atom stereocenters. The summed E-state index contributed by atoms with van der Waals surface area (Å²) in [7, 11) is 0. The number of nitrogens with two attached hydrogens (primary N) is 1. The second kappa shape index (κ2) is 5.90. The van der Waals surface area contributed by atoms with Crippen molar-refractivity contribution >= 4 is 0 Å². The normalized spacial score (nSPS) is 19.4. The fourth-order valence-electron chi connectivity index (χ4n) is 2.31. The van der Waals surface area contributed by atoms with Crippen LogP contribution in [0.4, 0.5) is 13.2 Å². The molecule has 2 N–H and O–H groups in total. The Morgan fingerprint density at radius 1 is 1.26 bits per heavy atom. The smallest absolute Gasteiger partial charge is 0.379 e. The van der Waals surface area contributed by atoms with E-state index in [0.717, 1.165) is 6.07 Å². The van der Waals surface area contributed by atoms with Gasteiger partial charge in [-0.1, -0.05) is 12.1 Å². The van der Waals surface area contributed by atoms with Gasteiger partial charge in [-0.05, 0) is 17.7 Å². The molecule has 1 aromatic rings. The van der Waals surface area contributed by atoms with Crippen molar-refractivity contribution in [2.24, 2.45) is 5.73 Å². The largest absolute Gasteiger partial charge is 0.416 e. The van der Waals surface area contributed by atoms with Crippen LogP contribution in [0.15, 0.2) is 24.3 Å². The van der Waals surface area contributed by atoms with Gasteiger partial charge in [-0.3, -0.25) is 4.90 Å². The number of hydrogen-bond acceptors (Lipinski definition) is 3. The van der Waals surface area contributed by atoms with Crippen LogP contribution in [0.25, 0.3) is 0 Å². The zero-order valence-electron chi connectivity index (χ0n) is 10.5. The van der Waals surface area contributed by atoms with Gasteiger partial charge in [0, 0.05) is 25.7 Å². The highest BCUT2D eigenvalue weighted by Gasteiger charge is 2.31. The minimum absolute atomic E-state index is 0.189. The lowest BCUT2D eigenvalue weighted by Crippen LogP contribution is -2.41. The third kappa shape index (κ3) is 3.46. The molecule has 0 aromatic heterocycles. The fraction of sp³-hybridized carbons (Fsp3) is 0.538. The highest BCUT2D eigenvalue weighted by atomic mass is 19.4. The Morgan fingerprint density at radius 2 is 1.95 bits per heavy atom. The molecule has 2 rings (SSSR count). The first kappa shape index (κ1) is 14.3. The SMILES string of the molecule is NC[C@@H](c1cccc(C(F)(F)F)c1)N1CCOCC1. The molecular formula is C13H17F3N2O. The van der Waals surface area contributed by atoms with Crippen molar-refractivity contribution in [3.05, 3.63) is 35.4 Å². The monoisotopic (exact) mass is 274 g/mol. The van der Waals surface area contributed by atoms with E-state index in [1.54, 1.807) is 6.07 Å². The van der Waals surface area contributed by atoms with Crippen LogP contribution in [0.2, 0.25) is 0 Å². The van der Waals surface area contributed by atoms with E-state index in [1.165, 1.54) is 12.1 Å². The Kier molecular flexibility index (Phi) is 4.44. The standard InChI is InChI=1S/C13H17F3N2O/c14-13(15,16)11-3-1-2-10(8-11)12(9-17)18-4-6-19-7-5-18/h1-3,8,12H,4-7,9,17H2/t12-/m0/s1. The topological polar surface area (TPSA) is 38.5 Å². The molecule has 106 valence electrons. The molecule has 1 aliphatic rings. The van der Waals surface area contributed by atoms with Gasteiger partial charge in [0.15, 0.2) is 0 Å². The predicted octanol–water partition coefficient (Wildman–Crippen LogP) is 2.04. The Hall–Kier alpha value is -1.11. The second-order valence-corrected chi connectivity index (χ2v) is 4.52. The number of benzene rings is 1. The summed E-state index contributed by atoms with van der Waals surface area (Å²) in [4.78, 5) is 2.07. The minimum Gasteiger partial charge on any atom is -0.379 e. The first-order valence-corrected chi connectivity index (χ1v) is 6.21. The number of ether oxygens (including phenoxy) is 1. The van der Waals surface area contributed by atoms with Gasteiger partial charge < -0.3 is 10.5 Å². The van der Waals surface area contributed by atoms with Crippen molar-refractivity contribution in [3.8, 4) is 0 Å². The molecule has 0 aliphatic carbocycles. The van der Waals surface area contributed by atoms with Crippen LogP contribution < -0.4 is 5.73 Å². The summed E-state index contributed by atoms with van der Waals surface area (Å²) < 4.78 is 43.4. The molecule has 6 heteroatoms. The van der Waals surface area contributed by atoms with E-state index in [0.29, 0.717) is 38.4 Å². The highest BCUT2D eigenvalue weighted by molar-refractivity contribution is 5.28. The third-order valence-corrected chi connectivity index (χ3v) is 3.31. The van der Waals surface area contributed by atoms with Crippen molar-refractivity contribution in [3.63, 3.8) is 0 Å². The molecule has 1 aromatic carbocycles. The zero-order valence-corrected chi connectivity index (χ0v) is 10.5. The summed E-state index contributed by atoms with van der Waals surface area (Å²) in [6.07, 6.45) is -4.32. The summed E-state index contributed by atoms with van der Waals surface area (Å²) in [6.45, 7) is 2.86. The molecule has 19 heavy (non-hydrogen) atoms. The van der Waals surface area contributed by atoms with E-state index in [9.17, 15) is 13.2 Å². The van der Waals surface area contributed by atoms with E-state index in [1.807, 2.05) is 0 Å². The molecule has 0 saturated carbocycles. The molecule has 1 aliphatic heterocycles. The lowest BCUT2D eigenvalue weighted by molar-refractivity contribution is -0.137. The molecule has 0 radical (unpaired) electrons. The predicted molar refractivity (Wildman–Crippen MR) is 65.6 cm³/mol. The third-order valence-electron chi connectivity index (χ3n) is 3.31. The quantitative estimate of drug-likeness (QED) is 0.916. The van der Waals surface area contributed by atoms with Crippen LogP contribution in [0, 0.1) is 0 Å². The van der Waals surface area contributed by atoms with E-state index in [4.69, 9.17) is 10.5 Å². The molecule has 1 saturated heterocycles. The molecule has 3 nitrogen and oxygen atoms in total. The molecule has 1 fully saturated rings. The molecule has 0 amide bonds. The molecule has 0 spiro atoms. The lowest BCUT2D eigenvalue weighted by Gasteiger charge is -2.34. The summed E-state index contributed by atoms with van der Waals surface area (Å²) in [5.74, 6) is 0. The Morgan fingerprint density at radius 3 is 2.53 bits per heavy atom. The lowest BCUT2D eigenvalue weighted by atomic mass is 10.0. The molecule has 0 bridgehead atoms. The number of morpholine rings is 1. The van der Waals surface area contributed by atoms with Gasteiger partial charge in [0.2, 0.25) is 0 Å². The maximum atomic E-state index is 12.7. The first-order chi connectivity index (χ1) is 9.02. The Labute approximate surface area is 110 Å². The molecular weight excluding hydrogens is 257 g/mol. The van der Waals surface area contributed by atoms with Crippen LogP contribution in [-0.4, -0.2) is 37.7 Å². The number of hydrogen-bond donors (Lipinski definition) is 1. The van der Waals surface area contributed by atoms with Gasteiger partial charge in [-0.15, -0.1) is 0 Å². The summed E-state index contributed by atoms with van der Waals surface area (Å²) in [5.41, 5.74) is 5.71. The Balaban J connectivity index is 2.22. The van der Waals surface area contributed by atoms with Crippen molar-refractivity contribution in [2.75, 3.05) is 32.8 Å². The van der Waals surface area contributed by atoms with Gasteiger partial charge in [0.25, 0.3) is 0 Å². The fourth-order valence-corrected chi connectivity index (χ4v) is 2.31. The number of nitrogens with zero attached hydrogens (tertiary/aromatic N) is 1. The molecule has 1 heterocycles. The van der Waals surface area contributed by atoms with Crippen molar-refractivity contribution in [1.82, 2.24) is 4.90 Å². The summed E-state index contributed by atoms with van der Waals surface area (Å²) in [5, 5.41) is 0. The van der Waals surface area contributed by atoms with E-state index in [2.05, 4.69) is 4.90 Å². The van der Waals surface area contributed by atoms with Crippen LogP contribution in [0.3, 0.4) is 0 Å². The average Bonchev–Trinajstić information content (AvgIpc) is 2.40. The van der Waals surface area contributed by atoms with E-state index in [-0.39, 0.29) is 6.04 Å². The van der Waals surface area contributed by atoms with Gasteiger partial charge in [0.05, 0.1) is 18.8 Å². The highest BCUT2D eigenvalue weighted by Crippen LogP contribution is 2.31. The van der Waals surface area contributed by atoms with Crippen molar-refractivity contribution in [1.29, 1.82) is 0 Å². The summed E-state index contributed by atoms with van der Waals surface area (Å²) >= 11 is 0. The summed E-state index contributed by atoms with van der Waals surface area (Å²) in [6, 6.07) is 5.21. The maximum absolute atomic E-state index is 12.7. The van der Waals surface area contributed by atoms with Gasteiger partial charge in [-0.25, -0.2) is 0 Å². The minimum atomic E-state index is -4.32. The number of halogens is 3. The maximum Gasteiger partial charge on any atom is 0.416 e. The van der Waals surface area contributed by atoms with Gasteiger partial charge in [0.1, 0.15) is 0 Å². The van der Waals surface area contributed by atoms with Gasteiger partial charge in [-0.2, -0.15) is 13.2 Å². The van der Waals surface area contributed by atoms with Crippen molar-refractivity contribution < 1.29 is 17.9 Å². The second-order valence-electron chi connectivity index (χ2n) is 4.52. The zero-order chi connectivity index (χ0) is 13.9. The van der Waals surface area contributed by atoms with Crippen LogP contribution in [-0.2, 0) is 10.9 Å². The average molecular weight is 274 g/mol. The van der Waals surface area contributed by atoms with Gasteiger partial charge >= 0.3 is 6.18 Å².